The Hall–Kier alpha value is -2.11. The summed E-state index contributed by atoms with van der Waals surface area (Å²) in [7, 11) is 3.14. The molecule has 6 heteroatoms. The first-order chi connectivity index (χ1) is 12.0. The van der Waals surface area contributed by atoms with Crippen LogP contribution in [0.15, 0.2) is 35.9 Å². The smallest absolute Gasteiger partial charge is 0.360 e. The van der Waals surface area contributed by atoms with Gasteiger partial charge >= 0.3 is 5.97 Å². The van der Waals surface area contributed by atoms with E-state index in [0.29, 0.717) is 5.02 Å². The summed E-state index contributed by atoms with van der Waals surface area (Å²) in [6, 6.07) is 10.4. The molecule has 3 rings (SSSR count). The number of aromatic nitrogens is 2. The van der Waals surface area contributed by atoms with Gasteiger partial charge in [0.15, 0.2) is 5.69 Å². The number of nitrogens with zero attached hydrogens (tertiary/aromatic N) is 3. The fourth-order valence-electron chi connectivity index (χ4n) is 3.22. The molecule has 0 aliphatic carbocycles. The Balaban J connectivity index is 1.88. The Morgan fingerprint density at radius 3 is 2.72 bits per heavy atom. The summed E-state index contributed by atoms with van der Waals surface area (Å²) in [4.78, 5) is 14.2. The number of hydrogen-bond donors (Lipinski definition) is 0. The number of benzene rings is 1. The van der Waals surface area contributed by atoms with E-state index in [2.05, 4.69) is 41.2 Å². The zero-order valence-corrected chi connectivity index (χ0v) is 15.5. The lowest BCUT2D eigenvalue weighted by Crippen LogP contribution is -2.31. The fraction of sp³-hybridized carbons (Fsp3) is 0.368. The van der Waals surface area contributed by atoms with Crippen LogP contribution in [0.4, 0.5) is 0 Å². The highest BCUT2D eigenvalue weighted by Gasteiger charge is 2.27. The molecule has 0 N–H and O–H groups in total. The minimum absolute atomic E-state index is 0.169. The minimum Gasteiger partial charge on any atom is -0.464 e. The second-order valence-corrected chi connectivity index (χ2v) is 6.71. The van der Waals surface area contributed by atoms with Crippen molar-refractivity contribution in [2.75, 3.05) is 20.2 Å². The van der Waals surface area contributed by atoms with E-state index in [1.165, 1.54) is 18.2 Å². The van der Waals surface area contributed by atoms with Gasteiger partial charge in [0.05, 0.1) is 12.8 Å². The molecule has 1 aliphatic rings. The highest BCUT2D eigenvalue weighted by atomic mass is 35.5. The third-order valence-corrected chi connectivity index (χ3v) is 4.96. The van der Waals surface area contributed by atoms with Crippen LogP contribution in [0.25, 0.3) is 5.57 Å². The Morgan fingerprint density at radius 1 is 1.32 bits per heavy atom. The maximum absolute atomic E-state index is 11.9. The van der Waals surface area contributed by atoms with Crippen molar-refractivity contribution in [1.29, 1.82) is 0 Å². The molecule has 0 radical (unpaired) electrons. The Bertz CT molecular complexity index is 812. The molecule has 25 heavy (non-hydrogen) atoms. The molecule has 5 nitrogen and oxygen atoms in total. The number of carbonyl (C=O) groups excluding carboxylic acids is 1. The monoisotopic (exact) mass is 359 g/mol. The molecule has 0 fully saturated rings. The maximum Gasteiger partial charge on any atom is 0.360 e. The molecule has 0 atom stereocenters. The molecular weight excluding hydrogens is 338 g/mol. The summed E-state index contributed by atoms with van der Waals surface area (Å²) in [5.41, 5.74) is 4.68. The topological polar surface area (TPSA) is 47.4 Å². The van der Waals surface area contributed by atoms with Crippen molar-refractivity contribution in [2.45, 2.75) is 19.9 Å². The van der Waals surface area contributed by atoms with E-state index in [1.807, 2.05) is 13.1 Å². The molecule has 2 heterocycles. The molecule has 0 bridgehead atoms. The summed E-state index contributed by atoms with van der Waals surface area (Å²) in [5.74, 6) is -0.512. The normalized spacial score (nSPS) is 15.5. The van der Waals surface area contributed by atoms with Gasteiger partial charge < -0.3 is 4.74 Å². The van der Waals surface area contributed by atoms with Crippen LogP contribution >= 0.6 is 11.6 Å². The van der Waals surface area contributed by atoms with Crippen molar-refractivity contribution in [3.8, 4) is 0 Å². The highest BCUT2D eigenvalue weighted by Crippen LogP contribution is 2.33. The first-order valence-corrected chi connectivity index (χ1v) is 8.65. The zero-order valence-electron chi connectivity index (χ0n) is 14.8. The summed E-state index contributed by atoms with van der Waals surface area (Å²) in [6.45, 7) is 4.79. The van der Waals surface area contributed by atoms with E-state index in [-0.39, 0.29) is 5.69 Å². The van der Waals surface area contributed by atoms with Crippen LogP contribution < -0.4 is 0 Å². The third-order valence-electron chi connectivity index (χ3n) is 4.60. The van der Waals surface area contributed by atoms with Gasteiger partial charge in [0.25, 0.3) is 0 Å². The fourth-order valence-corrected chi connectivity index (χ4v) is 3.57. The molecule has 2 aromatic rings. The number of methoxy groups -OCH3 is 1. The van der Waals surface area contributed by atoms with Crippen molar-refractivity contribution >= 4 is 23.1 Å². The second kappa shape index (κ2) is 7.42. The zero-order chi connectivity index (χ0) is 18.0. The van der Waals surface area contributed by atoms with Gasteiger partial charge in [-0.25, -0.2) is 4.79 Å². The van der Waals surface area contributed by atoms with Crippen molar-refractivity contribution in [3.63, 3.8) is 0 Å². The average molecular weight is 360 g/mol. The Morgan fingerprint density at radius 2 is 2.04 bits per heavy atom. The van der Waals surface area contributed by atoms with Gasteiger partial charge in [0, 0.05) is 26.7 Å². The predicted molar refractivity (Wildman–Crippen MR) is 98.5 cm³/mol. The van der Waals surface area contributed by atoms with Crippen molar-refractivity contribution < 1.29 is 9.53 Å². The molecule has 0 unspecified atom stereocenters. The third kappa shape index (κ3) is 3.62. The quantitative estimate of drug-likeness (QED) is 0.783. The summed E-state index contributed by atoms with van der Waals surface area (Å²) >= 11 is 6.47. The first-order valence-electron chi connectivity index (χ1n) is 8.27. The number of rotatable bonds is 4. The van der Waals surface area contributed by atoms with Gasteiger partial charge in [-0.05, 0) is 24.5 Å². The molecule has 1 aromatic carbocycles. The Kier molecular flexibility index (Phi) is 5.25. The molecule has 0 spiro atoms. The second-order valence-electron chi connectivity index (χ2n) is 6.33. The lowest BCUT2D eigenvalue weighted by Gasteiger charge is -2.30. The van der Waals surface area contributed by atoms with E-state index < -0.39 is 5.97 Å². The number of ether oxygens (including phenoxy) is 1. The van der Waals surface area contributed by atoms with Gasteiger partial charge in [0.1, 0.15) is 5.02 Å². The van der Waals surface area contributed by atoms with Crippen LogP contribution in [0.1, 0.15) is 35.1 Å². The van der Waals surface area contributed by atoms with Crippen molar-refractivity contribution in [1.82, 2.24) is 14.7 Å². The van der Waals surface area contributed by atoms with Crippen LogP contribution in [-0.4, -0.2) is 40.8 Å². The Labute approximate surface area is 152 Å². The molecular formula is C19H22ClN3O2. The van der Waals surface area contributed by atoms with E-state index >= 15 is 0 Å². The molecule has 0 saturated heterocycles. The van der Waals surface area contributed by atoms with Crippen LogP contribution in [0.3, 0.4) is 0 Å². The van der Waals surface area contributed by atoms with E-state index in [4.69, 9.17) is 16.3 Å². The van der Waals surface area contributed by atoms with Gasteiger partial charge in [-0.3, -0.25) is 9.58 Å². The summed E-state index contributed by atoms with van der Waals surface area (Å²) < 4.78 is 6.45. The van der Waals surface area contributed by atoms with Crippen molar-refractivity contribution in [3.05, 3.63) is 57.9 Å². The average Bonchev–Trinajstić information content (AvgIpc) is 2.91. The maximum atomic E-state index is 11.9. The predicted octanol–water partition coefficient (Wildman–Crippen LogP) is 3.54. The number of aryl methyl sites for hydroxylation is 1. The molecule has 0 saturated carbocycles. The molecule has 0 amide bonds. The molecule has 132 valence electrons. The van der Waals surface area contributed by atoms with Gasteiger partial charge in [-0.15, -0.1) is 0 Å². The van der Waals surface area contributed by atoms with E-state index in [1.54, 1.807) is 4.68 Å². The van der Waals surface area contributed by atoms with E-state index in [9.17, 15) is 4.79 Å². The van der Waals surface area contributed by atoms with Crippen LogP contribution in [-0.2, 0) is 18.3 Å². The first kappa shape index (κ1) is 17.7. The van der Waals surface area contributed by atoms with Crippen LogP contribution in [0.2, 0.25) is 5.02 Å². The van der Waals surface area contributed by atoms with E-state index in [0.717, 1.165) is 37.3 Å². The highest BCUT2D eigenvalue weighted by molar-refractivity contribution is 6.35. The molecule has 1 aromatic heterocycles. The van der Waals surface area contributed by atoms with Gasteiger partial charge in [-0.2, -0.15) is 5.10 Å². The van der Waals surface area contributed by atoms with Gasteiger partial charge in [0.2, 0.25) is 0 Å². The summed E-state index contributed by atoms with van der Waals surface area (Å²) in [6.07, 6.45) is 0.969. The van der Waals surface area contributed by atoms with Crippen molar-refractivity contribution in [2.24, 2.45) is 7.05 Å². The lowest BCUT2D eigenvalue weighted by molar-refractivity contribution is 0.0593. The molecule has 1 aliphatic heterocycles. The lowest BCUT2D eigenvalue weighted by atomic mass is 9.98. The summed E-state index contributed by atoms with van der Waals surface area (Å²) in [5, 5.41) is 4.62. The standard InChI is InChI=1S/C19H22ClN3O2/c1-13-9-10-23(11-14-7-5-4-6-8-14)12-15(13)18-16(20)17(19(24)25-3)21-22(18)2/h4-8H,9-12H2,1-3H3. The number of hydrogen-bond acceptors (Lipinski definition) is 4. The number of carbonyl (C=O) groups is 1. The van der Waals surface area contributed by atoms with Gasteiger partial charge in [-0.1, -0.05) is 47.5 Å². The SMILES string of the molecule is COC(=O)c1nn(C)c(C2=C(C)CCN(Cc3ccccc3)C2)c1Cl. The largest absolute Gasteiger partial charge is 0.464 e. The number of halogens is 1. The van der Waals surface area contributed by atoms with Crippen LogP contribution in [0.5, 0.6) is 0 Å². The van der Waals surface area contributed by atoms with Crippen LogP contribution in [0, 0.1) is 0 Å². The minimum atomic E-state index is -0.512. The number of esters is 1.